The Morgan fingerprint density at radius 3 is 2.53 bits per heavy atom. The fraction of sp³-hybridized carbons (Fsp3) is 0.148. The van der Waals surface area contributed by atoms with Gasteiger partial charge >= 0.3 is 0 Å². The molecule has 0 unspecified atom stereocenters. The number of benzene rings is 3. The molecule has 3 aromatic carbocycles. The number of furan rings is 2. The van der Waals surface area contributed by atoms with Gasteiger partial charge in [0.2, 0.25) is 0 Å². The second-order valence-electron chi connectivity index (χ2n) is 8.90. The number of hydrogen-bond donors (Lipinski definition) is 0. The fourth-order valence-electron chi connectivity index (χ4n) is 4.51. The van der Waals surface area contributed by atoms with Crippen LogP contribution < -0.4 is 0 Å². The van der Waals surface area contributed by atoms with Crippen LogP contribution >= 0.6 is 0 Å². The van der Waals surface area contributed by atoms with Gasteiger partial charge in [-0.15, -0.1) is 0 Å². The second-order valence-corrected chi connectivity index (χ2v) is 8.90. The molecular weight excluding hydrogens is 370 g/mol. The lowest BCUT2D eigenvalue weighted by atomic mass is 9.82. The lowest BCUT2D eigenvalue weighted by Crippen LogP contribution is -2.12. The average molecular weight is 391 g/mol. The van der Waals surface area contributed by atoms with Crippen LogP contribution in [0.15, 0.2) is 82.0 Å². The summed E-state index contributed by atoms with van der Waals surface area (Å²) >= 11 is 0. The third-order valence-electron chi connectivity index (χ3n) is 5.92. The monoisotopic (exact) mass is 391 g/mol. The van der Waals surface area contributed by atoms with Gasteiger partial charge in [-0.3, -0.25) is 4.98 Å². The van der Waals surface area contributed by atoms with Gasteiger partial charge in [0.25, 0.3) is 0 Å². The molecule has 3 nitrogen and oxygen atoms in total. The first-order chi connectivity index (χ1) is 14.5. The van der Waals surface area contributed by atoms with Crippen LogP contribution in [0.5, 0.6) is 0 Å². The molecule has 3 aromatic heterocycles. The lowest BCUT2D eigenvalue weighted by Gasteiger charge is -2.22. The van der Waals surface area contributed by atoms with E-state index >= 15 is 0 Å². The SMILES string of the molecule is CC(C)(C)c1cc(-c2nccc3oc4c5ccoc5ccc4c23)cc2ccccc12. The Balaban J connectivity index is 1.73. The maximum absolute atomic E-state index is 6.27. The van der Waals surface area contributed by atoms with Gasteiger partial charge in [-0.1, -0.05) is 45.0 Å². The highest BCUT2D eigenvalue weighted by Crippen LogP contribution is 2.41. The largest absolute Gasteiger partial charge is 0.464 e. The molecular formula is C27H21NO2. The summed E-state index contributed by atoms with van der Waals surface area (Å²) in [6, 6.07) is 21.1. The molecule has 3 heteroatoms. The van der Waals surface area contributed by atoms with E-state index in [-0.39, 0.29) is 5.41 Å². The Labute approximate surface area is 173 Å². The number of rotatable bonds is 1. The van der Waals surface area contributed by atoms with Gasteiger partial charge in [-0.2, -0.15) is 0 Å². The summed E-state index contributed by atoms with van der Waals surface area (Å²) in [7, 11) is 0. The van der Waals surface area contributed by atoms with Crippen LogP contribution in [-0.4, -0.2) is 4.98 Å². The third-order valence-corrected chi connectivity index (χ3v) is 5.92. The second kappa shape index (κ2) is 5.96. The molecule has 146 valence electrons. The van der Waals surface area contributed by atoms with Gasteiger partial charge in [-0.25, -0.2) is 0 Å². The first-order valence-corrected chi connectivity index (χ1v) is 10.2. The molecule has 0 amide bonds. The van der Waals surface area contributed by atoms with Crippen molar-refractivity contribution >= 4 is 43.7 Å². The smallest absolute Gasteiger partial charge is 0.146 e. The summed E-state index contributed by atoms with van der Waals surface area (Å²) in [5.41, 5.74) is 5.92. The highest BCUT2D eigenvalue weighted by atomic mass is 16.3. The molecule has 30 heavy (non-hydrogen) atoms. The molecule has 6 rings (SSSR count). The zero-order valence-corrected chi connectivity index (χ0v) is 17.2. The molecule has 0 N–H and O–H groups in total. The van der Waals surface area contributed by atoms with Crippen molar-refractivity contribution in [1.82, 2.24) is 4.98 Å². The summed E-state index contributed by atoms with van der Waals surface area (Å²) in [4.78, 5) is 4.81. The molecule has 0 fully saturated rings. The minimum atomic E-state index is 0.0188. The lowest BCUT2D eigenvalue weighted by molar-refractivity contribution is 0.596. The Morgan fingerprint density at radius 1 is 0.800 bits per heavy atom. The Kier molecular flexibility index (Phi) is 3.43. The van der Waals surface area contributed by atoms with E-state index in [0.29, 0.717) is 0 Å². The van der Waals surface area contributed by atoms with E-state index in [1.54, 1.807) is 6.26 Å². The predicted octanol–water partition coefficient (Wildman–Crippen LogP) is 7.84. The summed E-state index contributed by atoms with van der Waals surface area (Å²) < 4.78 is 11.8. The molecule has 0 saturated carbocycles. The van der Waals surface area contributed by atoms with Gasteiger partial charge in [-0.05, 0) is 58.1 Å². The molecule has 6 aromatic rings. The maximum Gasteiger partial charge on any atom is 0.146 e. The molecule has 0 saturated heterocycles. The maximum atomic E-state index is 6.27. The van der Waals surface area contributed by atoms with Crippen molar-refractivity contribution in [1.29, 1.82) is 0 Å². The molecule has 0 aliphatic rings. The van der Waals surface area contributed by atoms with Gasteiger partial charge < -0.3 is 8.83 Å². The van der Waals surface area contributed by atoms with Crippen molar-refractivity contribution in [3.63, 3.8) is 0 Å². The number of pyridine rings is 1. The highest BCUT2D eigenvalue weighted by molar-refractivity contribution is 6.18. The van der Waals surface area contributed by atoms with E-state index in [9.17, 15) is 0 Å². The quantitative estimate of drug-likeness (QED) is 0.286. The van der Waals surface area contributed by atoms with E-state index in [1.165, 1.54) is 16.3 Å². The molecule has 0 aliphatic carbocycles. The number of nitrogens with zero attached hydrogens (tertiary/aromatic N) is 1. The molecule has 0 spiro atoms. The van der Waals surface area contributed by atoms with Crippen molar-refractivity contribution in [2.45, 2.75) is 26.2 Å². The molecule has 0 aliphatic heterocycles. The molecule has 0 radical (unpaired) electrons. The number of fused-ring (bicyclic) bond motifs is 6. The Bertz CT molecular complexity index is 1580. The van der Waals surface area contributed by atoms with Gasteiger partial charge in [0, 0.05) is 17.1 Å². The van der Waals surface area contributed by atoms with Crippen molar-refractivity contribution in [2.75, 3.05) is 0 Å². The normalized spacial score (nSPS) is 12.5. The van der Waals surface area contributed by atoms with E-state index in [1.807, 2.05) is 24.4 Å². The van der Waals surface area contributed by atoms with Crippen molar-refractivity contribution in [3.8, 4) is 11.3 Å². The van der Waals surface area contributed by atoms with Crippen LogP contribution in [-0.2, 0) is 5.41 Å². The van der Waals surface area contributed by atoms with Gasteiger partial charge in [0.15, 0.2) is 0 Å². The van der Waals surface area contributed by atoms with Crippen LogP contribution in [0, 0.1) is 0 Å². The van der Waals surface area contributed by atoms with E-state index in [4.69, 9.17) is 13.8 Å². The van der Waals surface area contributed by atoms with Crippen molar-refractivity contribution in [3.05, 3.63) is 78.7 Å². The molecule has 0 bridgehead atoms. The summed E-state index contributed by atoms with van der Waals surface area (Å²) in [5, 5.41) is 5.61. The average Bonchev–Trinajstić information content (AvgIpc) is 3.36. The van der Waals surface area contributed by atoms with Crippen LogP contribution in [0.4, 0.5) is 0 Å². The Hall–Kier alpha value is -3.59. The standard InChI is InChI=1S/C27H21NO2/c1-27(2,3)21-15-17(14-16-6-4-5-7-18(16)21)25-24-20-8-9-22-19(11-13-29-22)26(20)30-23(24)10-12-28-25/h4-15H,1-3H3. The zero-order chi connectivity index (χ0) is 20.5. The molecule has 3 heterocycles. The van der Waals surface area contributed by atoms with Crippen molar-refractivity contribution in [2.24, 2.45) is 0 Å². The Morgan fingerprint density at radius 2 is 1.67 bits per heavy atom. The first kappa shape index (κ1) is 17.3. The summed E-state index contributed by atoms with van der Waals surface area (Å²) in [5.74, 6) is 0. The van der Waals surface area contributed by atoms with Crippen molar-refractivity contribution < 1.29 is 8.83 Å². The minimum Gasteiger partial charge on any atom is -0.464 e. The van der Waals surface area contributed by atoms with E-state index in [2.05, 4.69) is 63.2 Å². The van der Waals surface area contributed by atoms with E-state index < -0.39 is 0 Å². The van der Waals surface area contributed by atoms with Gasteiger partial charge in [0.1, 0.15) is 16.7 Å². The van der Waals surface area contributed by atoms with Gasteiger partial charge in [0.05, 0.1) is 22.7 Å². The third kappa shape index (κ3) is 2.42. The van der Waals surface area contributed by atoms with Crippen LogP contribution in [0.3, 0.4) is 0 Å². The fourth-order valence-corrected chi connectivity index (χ4v) is 4.51. The topological polar surface area (TPSA) is 39.2 Å². The molecule has 0 atom stereocenters. The predicted molar refractivity (Wildman–Crippen MR) is 123 cm³/mol. The summed E-state index contributed by atoms with van der Waals surface area (Å²) in [6.07, 6.45) is 3.54. The summed E-state index contributed by atoms with van der Waals surface area (Å²) in [6.45, 7) is 6.78. The highest BCUT2D eigenvalue weighted by Gasteiger charge is 2.21. The van der Waals surface area contributed by atoms with Crippen LogP contribution in [0.1, 0.15) is 26.3 Å². The zero-order valence-electron chi connectivity index (χ0n) is 17.2. The number of aromatic nitrogens is 1. The van der Waals surface area contributed by atoms with Crippen LogP contribution in [0.2, 0.25) is 0 Å². The first-order valence-electron chi connectivity index (χ1n) is 10.2. The van der Waals surface area contributed by atoms with E-state index in [0.717, 1.165) is 44.2 Å². The number of hydrogen-bond acceptors (Lipinski definition) is 3. The minimum absolute atomic E-state index is 0.0188. The van der Waals surface area contributed by atoms with Crippen LogP contribution in [0.25, 0.3) is 54.9 Å².